The van der Waals surface area contributed by atoms with Crippen molar-refractivity contribution >= 4 is 0 Å². The van der Waals surface area contributed by atoms with Gasteiger partial charge in [-0.25, -0.2) is 0 Å². The summed E-state index contributed by atoms with van der Waals surface area (Å²) in [7, 11) is 0. The molecule has 1 aliphatic carbocycles. The van der Waals surface area contributed by atoms with Gasteiger partial charge in [-0.2, -0.15) is 0 Å². The Labute approximate surface area is 74.9 Å². The zero-order chi connectivity index (χ0) is 8.81. The van der Waals surface area contributed by atoms with E-state index in [2.05, 4.69) is 6.92 Å². The molecule has 0 aliphatic heterocycles. The van der Waals surface area contributed by atoms with Crippen molar-refractivity contribution in [1.82, 2.24) is 0 Å². The van der Waals surface area contributed by atoms with Crippen molar-refractivity contribution in [2.45, 2.75) is 57.7 Å². The number of aliphatic hydroxyl groups is 1. The second-order valence-electron chi connectivity index (χ2n) is 3.64. The minimum absolute atomic E-state index is 0.0955. The molecule has 0 saturated heterocycles. The number of aliphatic hydroxyl groups excluding tert-OH is 1. The molecule has 1 aliphatic rings. The Kier molecular flexibility index (Phi) is 4.62. The minimum atomic E-state index is 0.0955. The first-order valence-electron chi connectivity index (χ1n) is 5.13. The van der Waals surface area contributed by atoms with Gasteiger partial charge in [0.2, 0.25) is 0 Å². The standard InChI is InChI=1S/C10H20O2/c1-2-5-10(8-11)12-9-6-3-4-7-9/h9-11H,2-8H2,1H3. The summed E-state index contributed by atoms with van der Waals surface area (Å²) in [6, 6.07) is 0. The number of hydrogen-bond acceptors (Lipinski definition) is 2. The molecule has 1 atom stereocenters. The van der Waals surface area contributed by atoms with Crippen molar-refractivity contribution in [3.63, 3.8) is 0 Å². The van der Waals surface area contributed by atoms with Crippen LogP contribution in [0.2, 0.25) is 0 Å². The molecule has 0 radical (unpaired) electrons. The van der Waals surface area contributed by atoms with E-state index in [1.165, 1.54) is 25.7 Å². The number of hydrogen-bond donors (Lipinski definition) is 1. The van der Waals surface area contributed by atoms with E-state index in [0.29, 0.717) is 6.10 Å². The molecule has 1 saturated carbocycles. The van der Waals surface area contributed by atoms with Crippen LogP contribution in [0.25, 0.3) is 0 Å². The highest BCUT2D eigenvalue weighted by molar-refractivity contribution is 4.69. The molecule has 12 heavy (non-hydrogen) atoms. The van der Waals surface area contributed by atoms with Crippen LogP contribution in [0.1, 0.15) is 45.4 Å². The van der Waals surface area contributed by atoms with E-state index in [1.54, 1.807) is 0 Å². The quantitative estimate of drug-likeness (QED) is 0.688. The maximum Gasteiger partial charge on any atom is 0.0809 e. The van der Waals surface area contributed by atoms with Gasteiger partial charge >= 0.3 is 0 Å². The lowest BCUT2D eigenvalue weighted by molar-refractivity contribution is -0.0396. The summed E-state index contributed by atoms with van der Waals surface area (Å²) in [5, 5.41) is 8.99. The van der Waals surface area contributed by atoms with Gasteiger partial charge in [0.15, 0.2) is 0 Å². The molecule has 1 rings (SSSR count). The lowest BCUT2D eigenvalue weighted by Crippen LogP contribution is -2.23. The summed E-state index contributed by atoms with van der Waals surface area (Å²) in [5.41, 5.74) is 0. The second-order valence-corrected chi connectivity index (χ2v) is 3.64. The molecule has 72 valence electrons. The Morgan fingerprint density at radius 2 is 2.08 bits per heavy atom. The SMILES string of the molecule is CCCC(CO)OC1CCCC1. The Morgan fingerprint density at radius 3 is 2.58 bits per heavy atom. The van der Waals surface area contributed by atoms with Gasteiger partial charge in [-0.3, -0.25) is 0 Å². The fourth-order valence-corrected chi connectivity index (χ4v) is 1.82. The molecule has 0 spiro atoms. The van der Waals surface area contributed by atoms with Gasteiger partial charge in [0.1, 0.15) is 0 Å². The molecule has 0 aromatic rings. The zero-order valence-corrected chi connectivity index (χ0v) is 7.96. The van der Waals surface area contributed by atoms with Crippen LogP contribution in [0.15, 0.2) is 0 Å². The first kappa shape index (κ1) is 10.0. The highest BCUT2D eigenvalue weighted by Crippen LogP contribution is 2.22. The first-order valence-corrected chi connectivity index (χ1v) is 5.13. The molecule has 1 unspecified atom stereocenters. The maximum absolute atomic E-state index is 8.99. The van der Waals surface area contributed by atoms with Crippen LogP contribution in [0.3, 0.4) is 0 Å². The highest BCUT2D eigenvalue weighted by atomic mass is 16.5. The van der Waals surface area contributed by atoms with Crippen LogP contribution in [0.4, 0.5) is 0 Å². The normalized spacial score (nSPS) is 21.5. The van der Waals surface area contributed by atoms with Crippen molar-refractivity contribution < 1.29 is 9.84 Å². The van der Waals surface area contributed by atoms with Crippen molar-refractivity contribution in [3.05, 3.63) is 0 Å². The van der Waals surface area contributed by atoms with Gasteiger partial charge in [0.25, 0.3) is 0 Å². The third kappa shape index (κ3) is 3.11. The van der Waals surface area contributed by atoms with E-state index in [-0.39, 0.29) is 12.7 Å². The highest BCUT2D eigenvalue weighted by Gasteiger charge is 2.19. The van der Waals surface area contributed by atoms with E-state index in [9.17, 15) is 0 Å². The fourth-order valence-electron chi connectivity index (χ4n) is 1.82. The molecule has 2 heteroatoms. The summed E-state index contributed by atoms with van der Waals surface area (Å²) in [6.07, 6.45) is 7.61. The van der Waals surface area contributed by atoms with Crippen molar-refractivity contribution in [2.24, 2.45) is 0 Å². The van der Waals surface area contributed by atoms with Gasteiger partial charge in [-0.05, 0) is 19.3 Å². The Balaban J connectivity index is 2.16. The topological polar surface area (TPSA) is 29.5 Å². The molecule has 1 N–H and O–H groups in total. The zero-order valence-electron chi connectivity index (χ0n) is 7.96. The van der Waals surface area contributed by atoms with Crippen LogP contribution >= 0.6 is 0 Å². The van der Waals surface area contributed by atoms with Gasteiger partial charge in [0.05, 0.1) is 18.8 Å². The maximum atomic E-state index is 8.99. The Bertz CT molecular complexity index is 108. The predicted molar refractivity (Wildman–Crippen MR) is 49.1 cm³/mol. The molecule has 2 nitrogen and oxygen atoms in total. The third-order valence-electron chi connectivity index (χ3n) is 2.50. The molecule has 1 fully saturated rings. The van der Waals surface area contributed by atoms with E-state index >= 15 is 0 Å². The number of rotatable bonds is 5. The fraction of sp³-hybridized carbons (Fsp3) is 1.00. The Morgan fingerprint density at radius 1 is 1.42 bits per heavy atom. The molecule has 0 heterocycles. The summed E-state index contributed by atoms with van der Waals surface area (Å²) < 4.78 is 5.75. The second kappa shape index (κ2) is 5.55. The largest absolute Gasteiger partial charge is 0.394 e. The third-order valence-corrected chi connectivity index (χ3v) is 2.50. The van der Waals surface area contributed by atoms with Crippen molar-refractivity contribution in [1.29, 1.82) is 0 Å². The van der Waals surface area contributed by atoms with E-state index in [4.69, 9.17) is 9.84 Å². The molecule has 0 aromatic carbocycles. The molecule has 0 bridgehead atoms. The van der Waals surface area contributed by atoms with Crippen LogP contribution in [-0.2, 0) is 4.74 Å². The molecule has 0 aromatic heterocycles. The number of ether oxygens (including phenoxy) is 1. The van der Waals surface area contributed by atoms with Gasteiger partial charge in [0, 0.05) is 0 Å². The summed E-state index contributed by atoms with van der Waals surface area (Å²) in [5.74, 6) is 0. The van der Waals surface area contributed by atoms with E-state index < -0.39 is 0 Å². The first-order chi connectivity index (χ1) is 5.86. The lowest BCUT2D eigenvalue weighted by Gasteiger charge is -2.19. The van der Waals surface area contributed by atoms with Crippen molar-refractivity contribution in [2.75, 3.05) is 6.61 Å². The van der Waals surface area contributed by atoms with Gasteiger partial charge in [-0.1, -0.05) is 26.2 Å². The van der Waals surface area contributed by atoms with Crippen LogP contribution < -0.4 is 0 Å². The lowest BCUT2D eigenvalue weighted by atomic mass is 10.2. The average molecular weight is 172 g/mol. The van der Waals surface area contributed by atoms with E-state index in [0.717, 1.165) is 12.8 Å². The summed E-state index contributed by atoms with van der Waals surface area (Å²) in [4.78, 5) is 0. The molecule has 0 amide bonds. The van der Waals surface area contributed by atoms with Gasteiger partial charge < -0.3 is 9.84 Å². The van der Waals surface area contributed by atoms with Crippen molar-refractivity contribution in [3.8, 4) is 0 Å². The van der Waals surface area contributed by atoms with Gasteiger partial charge in [-0.15, -0.1) is 0 Å². The minimum Gasteiger partial charge on any atom is -0.394 e. The van der Waals surface area contributed by atoms with Crippen LogP contribution in [0, 0.1) is 0 Å². The van der Waals surface area contributed by atoms with Crippen LogP contribution in [0.5, 0.6) is 0 Å². The molecular weight excluding hydrogens is 152 g/mol. The molecular formula is C10H20O2. The van der Waals surface area contributed by atoms with Crippen LogP contribution in [-0.4, -0.2) is 23.9 Å². The average Bonchev–Trinajstić information content (AvgIpc) is 2.56. The van der Waals surface area contributed by atoms with E-state index in [1.807, 2.05) is 0 Å². The smallest absolute Gasteiger partial charge is 0.0809 e. The monoisotopic (exact) mass is 172 g/mol. The summed E-state index contributed by atoms with van der Waals surface area (Å²) >= 11 is 0. The summed E-state index contributed by atoms with van der Waals surface area (Å²) in [6.45, 7) is 2.31. The Hall–Kier alpha value is -0.0800. The predicted octanol–water partition coefficient (Wildman–Crippen LogP) is 2.11.